The van der Waals surface area contributed by atoms with Gasteiger partial charge in [-0.3, -0.25) is 0 Å². The van der Waals surface area contributed by atoms with Gasteiger partial charge in [0.05, 0.1) is 0 Å². The Morgan fingerprint density at radius 1 is 0.579 bits per heavy atom. The van der Waals surface area contributed by atoms with Gasteiger partial charge in [0.25, 0.3) is 0 Å². The summed E-state index contributed by atoms with van der Waals surface area (Å²) in [7, 11) is 0.149. The smallest absolute Gasteiger partial charge is 0.0469 e. The summed E-state index contributed by atoms with van der Waals surface area (Å²) in [5.41, 5.74) is 0. The summed E-state index contributed by atoms with van der Waals surface area (Å²) >= 11 is 0. The van der Waals surface area contributed by atoms with E-state index in [0.29, 0.717) is 0 Å². The van der Waals surface area contributed by atoms with Gasteiger partial charge in [0.1, 0.15) is 0 Å². The van der Waals surface area contributed by atoms with E-state index in [0.717, 1.165) is 39.6 Å². The first kappa shape index (κ1) is 19.3. The lowest BCUT2D eigenvalue weighted by Gasteiger charge is -2.17. The molecule has 0 heterocycles. The van der Waals surface area contributed by atoms with Crippen LogP contribution in [0.3, 0.4) is 0 Å². The third kappa shape index (κ3) is 14.5. The minimum atomic E-state index is 0.149. The monoisotopic (exact) mass is 292 g/mol. The lowest BCUT2D eigenvalue weighted by atomic mass is 10.5. The molecular weight excluding hydrogens is 259 g/mol. The van der Waals surface area contributed by atoms with Gasteiger partial charge in [0.2, 0.25) is 0 Å². The molecule has 0 atom stereocenters. The quantitative estimate of drug-likeness (QED) is 0.340. The summed E-state index contributed by atoms with van der Waals surface area (Å²) in [6.07, 6.45) is 7.66. The maximum atomic E-state index is 5.43. The Bertz CT molecular complexity index is 139. The first-order valence-corrected chi connectivity index (χ1v) is 9.70. The van der Waals surface area contributed by atoms with E-state index >= 15 is 0 Å². The van der Waals surface area contributed by atoms with Crippen LogP contribution in [0.5, 0.6) is 0 Å². The number of ether oxygens (including phenoxy) is 3. The van der Waals surface area contributed by atoms with E-state index in [1.807, 2.05) is 0 Å². The molecule has 0 amide bonds. The highest BCUT2D eigenvalue weighted by molar-refractivity contribution is 7.57. The third-order valence-electron chi connectivity index (χ3n) is 2.90. The average Bonchev–Trinajstić information content (AvgIpc) is 2.43. The predicted octanol–water partition coefficient (Wildman–Crippen LogP) is 3.75. The standard InChI is InChI=1S/C15H33O3P/c1-4-16-10-7-13-19(14-8-11-17-5-2)15-9-12-18-6-3/h4-15H2,1-3H3. The van der Waals surface area contributed by atoms with Crippen LogP contribution in [-0.2, 0) is 14.2 Å². The van der Waals surface area contributed by atoms with E-state index in [1.165, 1.54) is 37.7 Å². The first-order chi connectivity index (χ1) is 9.35. The third-order valence-corrected chi connectivity index (χ3v) is 5.75. The van der Waals surface area contributed by atoms with E-state index in [9.17, 15) is 0 Å². The van der Waals surface area contributed by atoms with Gasteiger partial charge in [-0.1, -0.05) is 0 Å². The van der Waals surface area contributed by atoms with Gasteiger partial charge < -0.3 is 14.2 Å². The molecule has 0 fully saturated rings. The normalized spacial score (nSPS) is 11.4. The van der Waals surface area contributed by atoms with Gasteiger partial charge >= 0.3 is 0 Å². The summed E-state index contributed by atoms with van der Waals surface area (Å²) in [5, 5.41) is 0. The van der Waals surface area contributed by atoms with E-state index in [2.05, 4.69) is 20.8 Å². The molecule has 0 spiro atoms. The predicted molar refractivity (Wildman–Crippen MR) is 84.9 cm³/mol. The van der Waals surface area contributed by atoms with Crippen LogP contribution in [-0.4, -0.2) is 58.1 Å². The van der Waals surface area contributed by atoms with E-state index in [4.69, 9.17) is 14.2 Å². The van der Waals surface area contributed by atoms with Crippen molar-refractivity contribution in [3.63, 3.8) is 0 Å². The number of hydrogen-bond acceptors (Lipinski definition) is 3. The van der Waals surface area contributed by atoms with Crippen LogP contribution < -0.4 is 0 Å². The van der Waals surface area contributed by atoms with Crippen molar-refractivity contribution >= 4 is 7.92 Å². The van der Waals surface area contributed by atoms with E-state index in [1.54, 1.807) is 0 Å². The van der Waals surface area contributed by atoms with Crippen molar-refractivity contribution in [3.05, 3.63) is 0 Å². The fourth-order valence-corrected chi connectivity index (χ4v) is 4.34. The molecule has 0 aromatic heterocycles. The molecule has 0 saturated carbocycles. The minimum Gasteiger partial charge on any atom is -0.382 e. The van der Waals surface area contributed by atoms with Crippen molar-refractivity contribution in [2.24, 2.45) is 0 Å². The molecule has 0 aliphatic rings. The van der Waals surface area contributed by atoms with Crippen LogP contribution in [0.25, 0.3) is 0 Å². The van der Waals surface area contributed by atoms with Crippen molar-refractivity contribution in [2.45, 2.75) is 40.0 Å². The topological polar surface area (TPSA) is 27.7 Å². The Morgan fingerprint density at radius 2 is 0.895 bits per heavy atom. The Hall–Kier alpha value is 0.310. The summed E-state index contributed by atoms with van der Waals surface area (Å²) < 4.78 is 16.3. The Morgan fingerprint density at radius 3 is 1.16 bits per heavy atom. The highest BCUT2D eigenvalue weighted by Crippen LogP contribution is 2.37. The second-order valence-electron chi connectivity index (χ2n) is 4.49. The highest BCUT2D eigenvalue weighted by atomic mass is 31.1. The minimum absolute atomic E-state index is 0.149. The molecule has 0 aliphatic carbocycles. The van der Waals surface area contributed by atoms with Crippen molar-refractivity contribution < 1.29 is 14.2 Å². The molecule has 0 bridgehead atoms. The lowest BCUT2D eigenvalue weighted by molar-refractivity contribution is 0.147. The molecule has 0 radical (unpaired) electrons. The fraction of sp³-hybridized carbons (Fsp3) is 1.00. The summed E-state index contributed by atoms with van der Waals surface area (Å²) in [5.74, 6) is 0. The lowest BCUT2D eigenvalue weighted by Crippen LogP contribution is -2.04. The molecule has 19 heavy (non-hydrogen) atoms. The van der Waals surface area contributed by atoms with Crippen molar-refractivity contribution in [3.8, 4) is 0 Å². The van der Waals surface area contributed by atoms with Crippen LogP contribution in [0.4, 0.5) is 0 Å². The van der Waals surface area contributed by atoms with E-state index in [-0.39, 0.29) is 7.92 Å². The Balaban J connectivity index is 3.66. The van der Waals surface area contributed by atoms with Crippen LogP contribution in [0.2, 0.25) is 0 Å². The number of rotatable bonds is 15. The van der Waals surface area contributed by atoms with Crippen molar-refractivity contribution in [1.29, 1.82) is 0 Å². The summed E-state index contributed by atoms with van der Waals surface area (Å²) in [4.78, 5) is 0. The Labute approximate surface area is 121 Å². The van der Waals surface area contributed by atoms with Gasteiger partial charge in [-0.25, -0.2) is 0 Å². The zero-order valence-electron chi connectivity index (χ0n) is 13.2. The first-order valence-electron chi connectivity index (χ1n) is 7.80. The van der Waals surface area contributed by atoms with Crippen LogP contribution in [0, 0.1) is 0 Å². The van der Waals surface area contributed by atoms with Crippen LogP contribution in [0.1, 0.15) is 40.0 Å². The van der Waals surface area contributed by atoms with Crippen molar-refractivity contribution in [1.82, 2.24) is 0 Å². The molecule has 0 aliphatic heterocycles. The molecule has 116 valence electrons. The molecule has 0 rings (SSSR count). The van der Waals surface area contributed by atoms with Crippen LogP contribution in [0.15, 0.2) is 0 Å². The fourth-order valence-electron chi connectivity index (χ4n) is 1.94. The molecule has 0 aromatic carbocycles. The molecule has 0 aromatic rings. The molecular formula is C15H33O3P. The molecule has 4 heteroatoms. The molecule has 0 saturated heterocycles. The SMILES string of the molecule is CCOCCCP(CCCOCC)CCCOCC. The van der Waals surface area contributed by atoms with Crippen molar-refractivity contribution in [2.75, 3.05) is 58.1 Å². The van der Waals surface area contributed by atoms with Gasteiger partial charge in [-0.05, 0) is 58.5 Å². The average molecular weight is 292 g/mol. The van der Waals surface area contributed by atoms with Gasteiger partial charge in [-0.15, -0.1) is 7.92 Å². The maximum absolute atomic E-state index is 5.43. The highest BCUT2D eigenvalue weighted by Gasteiger charge is 2.07. The molecule has 3 nitrogen and oxygen atoms in total. The van der Waals surface area contributed by atoms with Crippen LogP contribution >= 0.6 is 7.92 Å². The van der Waals surface area contributed by atoms with Gasteiger partial charge in [0, 0.05) is 39.6 Å². The Kier molecular flexibility index (Phi) is 16.6. The largest absolute Gasteiger partial charge is 0.382 e. The zero-order chi connectivity index (χ0) is 14.2. The number of hydrogen-bond donors (Lipinski definition) is 0. The second-order valence-corrected chi connectivity index (χ2v) is 7.18. The van der Waals surface area contributed by atoms with Gasteiger partial charge in [0.15, 0.2) is 0 Å². The molecule has 0 N–H and O–H groups in total. The summed E-state index contributed by atoms with van der Waals surface area (Å²) in [6, 6.07) is 0. The summed E-state index contributed by atoms with van der Waals surface area (Å²) in [6.45, 7) is 11.5. The van der Waals surface area contributed by atoms with Gasteiger partial charge in [-0.2, -0.15) is 0 Å². The zero-order valence-corrected chi connectivity index (χ0v) is 14.1. The molecule has 0 unspecified atom stereocenters. The maximum Gasteiger partial charge on any atom is 0.0469 e. The second kappa shape index (κ2) is 16.4. The van der Waals surface area contributed by atoms with E-state index < -0.39 is 0 Å².